The number of aromatic nitrogens is 1. The van der Waals surface area contributed by atoms with Gasteiger partial charge in [-0.1, -0.05) is 12.1 Å². The minimum atomic E-state index is -1.49. The largest absolute Gasteiger partial charge is 0.598 e. The quantitative estimate of drug-likeness (QED) is 0.342. The summed E-state index contributed by atoms with van der Waals surface area (Å²) >= 11 is -1.49. The van der Waals surface area contributed by atoms with E-state index < -0.39 is 45.1 Å². The van der Waals surface area contributed by atoms with Gasteiger partial charge in [-0.25, -0.2) is 13.8 Å². The number of halogens is 2. The Kier molecular flexibility index (Phi) is 7.80. The van der Waals surface area contributed by atoms with E-state index in [1.807, 2.05) is 0 Å². The topological polar surface area (TPSA) is 83.5 Å². The van der Waals surface area contributed by atoms with E-state index in [9.17, 15) is 9.35 Å². The van der Waals surface area contributed by atoms with Crippen molar-refractivity contribution in [2.75, 3.05) is 13.7 Å². The van der Waals surface area contributed by atoms with Gasteiger partial charge in [0.05, 0.1) is 25.3 Å². The molecule has 3 rings (SSSR count). The maximum absolute atomic E-state index is 15.5. The highest BCUT2D eigenvalue weighted by Gasteiger charge is 2.32. The molecule has 2 aromatic carbocycles. The molecular formula is C25H28F2N2O4S. The third-order valence-corrected chi connectivity index (χ3v) is 6.91. The standard InChI is InChI=1S/C25H28F2N2O4S/c1-7-33-24-17-10-8-9-16(15(17)11-12-28-24)22(30)20-19(26)13-18(23(32-6)21(20)27)14(2)29-34(31)25(3,4)5/h8-14,29H,7H2,1-6H3/t14-,34?/m0/s1. The fourth-order valence-electron chi connectivity index (χ4n) is 3.52. The van der Waals surface area contributed by atoms with Crippen LogP contribution in [0.15, 0.2) is 36.5 Å². The summed E-state index contributed by atoms with van der Waals surface area (Å²) < 4.78 is 56.2. The lowest BCUT2D eigenvalue weighted by molar-refractivity contribution is 0.103. The van der Waals surface area contributed by atoms with Gasteiger partial charge in [-0.3, -0.25) is 4.79 Å². The summed E-state index contributed by atoms with van der Waals surface area (Å²) in [5, 5.41) is 1.02. The Morgan fingerprint density at radius 2 is 1.94 bits per heavy atom. The maximum Gasteiger partial charge on any atom is 0.221 e. The van der Waals surface area contributed by atoms with Gasteiger partial charge in [-0.15, -0.1) is 4.72 Å². The van der Waals surface area contributed by atoms with E-state index in [0.717, 1.165) is 6.07 Å². The number of nitrogens with zero attached hydrogens (tertiary/aromatic N) is 1. The Morgan fingerprint density at radius 3 is 2.56 bits per heavy atom. The number of hydrogen-bond donors (Lipinski definition) is 1. The molecule has 0 aliphatic rings. The molecule has 182 valence electrons. The van der Waals surface area contributed by atoms with Crippen molar-refractivity contribution in [2.24, 2.45) is 0 Å². The zero-order valence-electron chi connectivity index (χ0n) is 20.0. The van der Waals surface area contributed by atoms with Crippen LogP contribution in [0.2, 0.25) is 0 Å². The highest BCUT2D eigenvalue weighted by molar-refractivity contribution is 7.90. The monoisotopic (exact) mass is 490 g/mol. The van der Waals surface area contributed by atoms with Crippen LogP contribution in [0.1, 0.15) is 62.1 Å². The third kappa shape index (κ3) is 5.01. The number of fused-ring (bicyclic) bond motifs is 1. The number of ketones is 1. The fourth-order valence-corrected chi connectivity index (χ4v) is 4.32. The molecule has 0 saturated carbocycles. The van der Waals surface area contributed by atoms with E-state index in [4.69, 9.17) is 9.47 Å². The molecule has 0 aliphatic carbocycles. The zero-order chi connectivity index (χ0) is 25.2. The highest BCUT2D eigenvalue weighted by atomic mass is 32.2. The average molecular weight is 491 g/mol. The number of nitrogens with one attached hydrogen (secondary N) is 1. The van der Waals surface area contributed by atoms with Crippen molar-refractivity contribution in [3.8, 4) is 11.6 Å². The summed E-state index contributed by atoms with van der Waals surface area (Å²) in [5.74, 6) is -2.95. The fraction of sp³-hybridized carbons (Fsp3) is 0.360. The minimum Gasteiger partial charge on any atom is -0.598 e. The SMILES string of the molecule is CCOc1nccc2c(C(=O)c3c(F)cc([C@H](C)N[S+]([O-])C(C)(C)C)c(OC)c3F)cccc12. The lowest BCUT2D eigenvalue weighted by Crippen LogP contribution is -2.40. The summed E-state index contributed by atoms with van der Waals surface area (Å²) in [6, 6.07) is 6.76. The molecule has 34 heavy (non-hydrogen) atoms. The van der Waals surface area contributed by atoms with E-state index in [0.29, 0.717) is 23.3 Å². The molecule has 0 bridgehead atoms. The predicted molar refractivity (Wildman–Crippen MR) is 129 cm³/mol. The first-order valence-corrected chi connectivity index (χ1v) is 11.9. The number of pyridine rings is 1. The Hall–Kier alpha value is -2.75. The highest BCUT2D eigenvalue weighted by Crippen LogP contribution is 2.35. The molecule has 6 nitrogen and oxygen atoms in total. The Bertz CT molecular complexity index is 1210. The number of ether oxygens (including phenoxy) is 2. The minimum absolute atomic E-state index is 0.105. The van der Waals surface area contributed by atoms with Crippen molar-refractivity contribution in [1.82, 2.24) is 9.71 Å². The van der Waals surface area contributed by atoms with E-state index in [2.05, 4.69) is 9.71 Å². The molecule has 0 fully saturated rings. The van der Waals surface area contributed by atoms with Crippen molar-refractivity contribution in [3.05, 3.63) is 64.9 Å². The molecule has 0 radical (unpaired) electrons. The molecule has 3 aromatic rings. The van der Waals surface area contributed by atoms with Crippen LogP contribution in [-0.2, 0) is 11.4 Å². The molecule has 9 heteroatoms. The van der Waals surface area contributed by atoms with E-state index in [-0.39, 0.29) is 16.9 Å². The summed E-state index contributed by atoms with van der Waals surface area (Å²) in [7, 11) is 1.24. The van der Waals surface area contributed by atoms with Crippen LogP contribution in [0.25, 0.3) is 10.8 Å². The number of rotatable bonds is 8. The Labute approximate surface area is 201 Å². The van der Waals surface area contributed by atoms with Gasteiger partial charge in [-0.2, -0.15) is 0 Å². The first-order valence-electron chi connectivity index (χ1n) is 10.8. The molecule has 0 spiro atoms. The lowest BCUT2D eigenvalue weighted by atomic mass is 9.95. The zero-order valence-corrected chi connectivity index (χ0v) is 20.8. The molecular weight excluding hydrogens is 462 g/mol. The van der Waals surface area contributed by atoms with Gasteiger partial charge in [0.2, 0.25) is 5.88 Å². The van der Waals surface area contributed by atoms with Gasteiger partial charge in [0.15, 0.2) is 17.3 Å². The Balaban J connectivity index is 2.10. The van der Waals surface area contributed by atoms with Crippen LogP contribution >= 0.6 is 0 Å². The van der Waals surface area contributed by atoms with Crippen LogP contribution in [0, 0.1) is 11.6 Å². The number of carbonyl (C=O) groups excluding carboxylic acids is 1. The summed E-state index contributed by atoms with van der Waals surface area (Å²) in [6.07, 6.45) is 1.48. The molecule has 1 heterocycles. The van der Waals surface area contributed by atoms with Crippen molar-refractivity contribution < 1.29 is 27.6 Å². The van der Waals surface area contributed by atoms with Gasteiger partial charge in [0, 0.05) is 34.1 Å². The number of methoxy groups -OCH3 is 1. The molecule has 0 amide bonds. The second-order valence-electron chi connectivity index (χ2n) is 8.67. The molecule has 1 aromatic heterocycles. The van der Waals surface area contributed by atoms with Crippen LogP contribution in [0.3, 0.4) is 0 Å². The smallest absolute Gasteiger partial charge is 0.221 e. The first-order chi connectivity index (χ1) is 16.0. The second kappa shape index (κ2) is 10.2. The van der Waals surface area contributed by atoms with Crippen LogP contribution < -0.4 is 14.2 Å². The summed E-state index contributed by atoms with van der Waals surface area (Å²) in [4.78, 5) is 17.5. The van der Waals surface area contributed by atoms with E-state index >= 15 is 8.78 Å². The van der Waals surface area contributed by atoms with Crippen LogP contribution in [0.5, 0.6) is 11.6 Å². The number of benzene rings is 2. The van der Waals surface area contributed by atoms with Gasteiger partial charge in [0.1, 0.15) is 10.6 Å². The van der Waals surface area contributed by atoms with Crippen molar-refractivity contribution in [2.45, 2.75) is 45.4 Å². The number of carbonyl (C=O) groups is 1. The van der Waals surface area contributed by atoms with Crippen molar-refractivity contribution in [3.63, 3.8) is 0 Å². The molecule has 2 atom stereocenters. The molecule has 0 saturated heterocycles. The summed E-state index contributed by atoms with van der Waals surface area (Å²) in [6.45, 7) is 9.13. The Morgan fingerprint density at radius 1 is 1.24 bits per heavy atom. The predicted octanol–water partition coefficient (Wildman–Crippen LogP) is 5.26. The van der Waals surface area contributed by atoms with E-state index in [1.54, 1.807) is 52.8 Å². The lowest BCUT2D eigenvalue weighted by Gasteiger charge is -2.27. The third-order valence-electron chi connectivity index (χ3n) is 5.23. The van der Waals surface area contributed by atoms with Crippen LogP contribution in [-0.4, -0.2) is 33.8 Å². The second-order valence-corrected chi connectivity index (χ2v) is 10.7. The van der Waals surface area contributed by atoms with Gasteiger partial charge in [0.25, 0.3) is 0 Å². The van der Waals surface area contributed by atoms with Crippen molar-refractivity contribution >= 4 is 27.9 Å². The summed E-state index contributed by atoms with van der Waals surface area (Å²) in [5.41, 5.74) is -0.507. The van der Waals surface area contributed by atoms with Gasteiger partial charge in [-0.05, 0) is 58.2 Å². The van der Waals surface area contributed by atoms with Gasteiger partial charge < -0.3 is 14.0 Å². The average Bonchev–Trinajstić information content (AvgIpc) is 2.78. The van der Waals surface area contributed by atoms with E-state index in [1.165, 1.54) is 19.4 Å². The van der Waals surface area contributed by atoms with Crippen LogP contribution in [0.4, 0.5) is 8.78 Å². The van der Waals surface area contributed by atoms with Crippen molar-refractivity contribution in [1.29, 1.82) is 0 Å². The number of hydrogen-bond acceptors (Lipinski definition) is 6. The first kappa shape index (κ1) is 25.9. The molecule has 0 aliphatic heterocycles. The molecule has 1 N–H and O–H groups in total. The normalized spacial score (nSPS) is 13.6. The molecule has 1 unspecified atom stereocenters. The maximum atomic E-state index is 15.5. The van der Waals surface area contributed by atoms with Gasteiger partial charge >= 0.3 is 0 Å².